The Morgan fingerprint density at radius 2 is 1.51 bits per heavy atom. The molecule has 5 aromatic rings. The molecule has 0 aliphatic carbocycles. The van der Waals surface area contributed by atoms with Crippen molar-refractivity contribution in [2.45, 2.75) is 58.8 Å². The highest BCUT2D eigenvalue weighted by atomic mass is 16.6. The summed E-state index contributed by atoms with van der Waals surface area (Å²) in [5.41, 5.74) is 8.68. The van der Waals surface area contributed by atoms with Crippen molar-refractivity contribution in [3.8, 4) is 11.1 Å². The highest BCUT2D eigenvalue weighted by Gasteiger charge is 2.34. The van der Waals surface area contributed by atoms with Crippen LogP contribution in [0.25, 0.3) is 22.0 Å². The molecule has 8 nitrogen and oxygen atoms in total. The number of fused-ring (bicyclic) bond motifs is 1. The van der Waals surface area contributed by atoms with Gasteiger partial charge in [-0.15, -0.1) is 0 Å². The van der Waals surface area contributed by atoms with Crippen molar-refractivity contribution in [1.29, 1.82) is 0 Å². The standard InChI is InChI=1S/C38H39N3O3.CO2/c1-26-28(3)41(24-29-16-18-32(19-17-29)31-13-8-5-9-14-31)36-21-20-33(23-34(26)36)37(42)39-27(2)35-15-10-22-40(35)38(43)44-25-30-11-6-4-7-12-30;2-1-3/h4-9,11-14,16-21,23,27,35H,10,15,22,24-25H2,1-3H3,(H,39,42);/t27-,35-;/m0./s1. The van der Waals surface area contributed by atoms with Crippen molar-refractivity contribution in [2.24, 2.45) is 0 Å². The fourth-order valence-electron chi connectivity index (χ4n) is 6.34. The van der Waals surface area contributed by atoms with Crippen LogP contribution in [-0.2, 0) is 27.5 Å². The van der Waals surface area contributed by atoms with Crippen molar-refractivity contribution in [3.63, 3.8) is 0 Å². The van der Waals surface area contributed by atoms with E-state index in [4.69, 9.17) is 14.3 Å². The molecule has 240 valence electrons. The Morgan fingerprint density at radius 3 is 2.19 bits per heavy atom. The number of ether oxygens (including phenoxy) is 1. The normalized spacial score (nSPS) is 14.5. The second-order valence-corrected chi connectivity index (χ2v) is 11.9. The molecule has 1 aromatic heterocycles. The van der Waals surface area contributed by atoms with E-state index >= 15 is 0 Å². The summed E-state index contributed by atoms with van der Waals surface area (Å²) in [5, 5.41) is 4.25. The van der Waals surface area contributed by atoms with Crippen LogP contribution in [0, 0.1) is 13.8 Å². The molecular weight excluding hydrogens is 590 g/mol. The summed E-state index contributed by atoms with van der Waals surface area (Å²) in [7, 11) is 0. The Labute approximate surface area is 275 Å². The number of carbonyl (C=O) groups excluding carboxylic acids is 4. The lowest BCUT2D eigenvalue weighted by Crippen LogP contribution is -2.49. The second kappa shape index (κ2) is 15.2. The van der Waals surface area contributed by atoms with Crippen LogP contribution in [0.1, 0.15) is 52.5 Å². The monoisotopic (exact) mass is 629 g/mol. The minimum Gasteiger partial charge on any atom is -0.445 e. The highest BCUT2D eigenvalue weighted by molar-refractivity contribution is 5.99. The third-order valence-corrected chi connectivity index (χ3v) is 8.98. The number of benzene rings is 4. The minimum absolute atomic E-state index is 0.107. The number of rotatable bonds is 8. The first-order valence-corrected chi connectivity index (χ1v) is 15.8. The van der Waals surface area contributed by atoms with Crippen molar-refractivity contribution < 1.29 is 23.9 Å². The highest BCUT2D eigenvalue weighted by Crippen LogP contribution is 2.29. The van der Waals surface area contributed by atoms with Gasteiger partial charge in [0.15, 0.2) is 0 Å². The molecule has 1 fully saturated rings. The first kappa shape index (κ1) is 32.9. The number of aromatic nitrogens is 1. The number of likely N-dealkylation sites (tertiary alicyclic amines) is 1. The van der Waals surface area contributed by atoms with Gasteiger partial charge in [-0.1, -0.05) is 84.9 Å². The lowest BCUT2D eigenvalue weighted by molar-refractivity contribution is -0.191. The van der Waals surface area contributed by atoms with Gasteiger partial charge in [0.25, 0.3) is 5.91 Å². The van der Waals surface area contributed by atoms with Gasteiger partial charge in [-0.3, -0.25) is 4.79 Å². The van der Waals surface area contributed by atoms with E-state index in [9.17, 15) is 9.59 Å². The molecule has 0 spiro atoms. The first-order valence-electron chi connectivity index (χ1n) is 15.8. The molecule has 2 atom stereocenters. The van der Waals surface area contributed by atoms with Crippen LogP contribution in [0.5, 0.6) is 0 Å². The van der Waals surface area contributed by atoms with Crippen LogP contribution >= 0.6 is 0 Å². The summed E-state index contributed by atoms with van der Waals surface area (Å²) in [6.45, 7) is 7.85. The summed E-state index contributed by atoms with van der Waals surface area (Å²) < 4.78 is 7.92. The van der Waals surface area contributed by atoms with E-state index < -0.39 is 0 Å². The zero-order chi connectivity index (χ0) is 33.3. The van der Waals surface area contributed by atoms with Gasteiger partial charge in [0.05, 0.1) is 6.04 Å². The average Bonchev–Trinajstić information content (AvgIpc) is 3.69. The third-order valence-electron chi connectivity index (χ3n) is 8.98. The van der Waals surface area contributed by atoms with Crippen molar-refractivity contribution in [3.05, 3.63) is 131 Å². The molecule has 0 bridgehead atoms. The summed E-state index contributed by atoms with van der Waals surface area (Å²) in [5.74, 6) is -0.134. The third kappa shape index (κ3) is 7.68. The molecule has 8 heteroatoms. The van der Waals surface area contributed by atoms with E-state index in [1.165, 1.54) is 27.9 Å². The maximum Gasteiger partial charge on any atom is 0.410 e. The molecule has 0 radical (unpaired) electrons. The van der Waals surface area contributed by atoms with Gasteiger partial charge in [0.2, 0.25) is 0 Å². The number of hydrogen-bond acceptors (Lipinski definition) is 5. The van der Waals surface area contributed by atoms with Crippen LogP contribution in [0.2, 0.25) is 0 Å². The predicted octanol–water partition coefficient (Wildman–Crippen LogP) is 7.31. The number of aryl methyl sites for hydroxylation is 1. The SMILES string of the molecule is Cc1c(C)n(Cc2ccc(-c3ccccc3)cc2)c2ccc(C(=O)N[C@@H](C)[C@@H]3CCCN3C(=O)OCc3ccccc3)cc12.O=C=O. The quantitative estimate of drug-likeness (QED) is 0.194. The molecule has 1 aliphatic heterocycles. The first-order chi connectivity index (χ1) is 22.8. The molecular formula is C39H39N3O5. The molecule has 0 saturated carbocycles. The summed E-state index contributed by atoms with van der Waals surface area (Å²) >= 11 is 0. The summed E-state index contributed by atoms with van der Waals surface area (Å²) in [4.78, 5) is 44.4. The lowest BCUT2D eigenvalue weighted by Gasteiger charge is -2.29. The van der Waals surface area contributed by atoms with Gasteiger partial charge >= 0.3 is 12.2 Å². The van der Waals surface area contributed by atoms with Crippen molar-refractivity contribution >= 4 is 29.1 Å². The van der Waals surface area contributed by atoms with E-state index in [2.05, 4.69) is 78.3 Å². The van der Waals surface area contributed by atoms with Crippen LogP contribution in [0.4, 0.5) is 4.79 Å². The fraction of sp³-hybridized carbons (Fsp3) is 0.256. The van der Waals surface area contributed by atoms with Gasteiger partial charge in [0.1, 0.15) is 6.61 Å². The van der Waals surface area contributed by atoms with E-state index in [1.807, 2.05) is 55.5 Å². The number of nitrogens with zero attached hydrogens (tertiary/aromatic N) is 2. The Hall–Kier alpha value is -5.46. The van der Waals surface area contributed by atoms with Crippen LogP contribution in [0.15, 0.2) is 103 Å². The van der Waals surface area contributed by atoms with Crippen LogP contribution in [-0.4, -0.2) is 46.2 Å². The average molecular weight is 630 g/mol. The summed E-state index contributed by atoms with van der Waals surface area (Å²) in [6, 6.07) is 34.4. The smallest absolute Gasteiger partial charge is 0.410 e. The Kier molecular flexibility index (Phi) is 10.7. The fourth-order valence-corrected chi connectivity index (χ4v) is 6.34. The Bertz CT molecular complexity index is 1860. The van der Waals surface area contributed by atoms with E-state index in [-0.39, 0.29) is 36.8 Å². The van der Waals surface area contributed by atoms with E-state index in [0.717, 1.165) is 35.9 Å². The van der Waals surface area contributed by atoms with Gasteiger partial charge in [0, 0.05) is 41.3 Å². The summed E-state index contributed by atoms with van der Waals surface area (Å²) in [6.07, 6.45) is 1.63. The number of hydrogen-bond donors (Lipinski definition) is 1. The molecule has 1 saturated heterocycles. The molecule has 4 aromatic carbocycles. The van der Waals surface area contributed by atoms with E-state index in [1.54, 1.807) is 4.90 Å². The molecule has 1 aliphatic rings. The molecule has 2 amide bonds. The molecule has 2 heterocycles. The topological polar surface area (TPSA) is 97.7 Å². The largest absolute Gasteiger partial charge is 0.445 e. The predicted molar refractivity (Wildman–Crippen MR) is 181 cm³/mol. The maximum atomic E-state index is 13.4. The van der Waals surface area contributed by atoms with E-state index in [0.29, 0.717) is 12.1 Å². The van der Waals surface area contributed by atoms with Crippen molar-refractivity contribution in [1.82, 2.24) is 14.8 Å². The van der Waals surface area contributed by atoms with Crippen LogP contribution < -0.4 is 5.32 Å². The zero-order valence-corrected chi connectivity index (χ0v) is 26.9. The van der Waals surface area contributed by atoms with Gasteiger partial charge in [-0.25, -0.2) is 4.79 Å². The maximum absolute atomic E-state index is 13.4. The number of amides is 2. The second-order valence-electron chi connectivity index (χ2n) is 11.9. The minimum atomic E-state index is -0.332. The zero-order valence-electron chi connectivity index (χ0n) is 26.9. The number of carbonyl (C=O) groups is 2. The molecule has 47 heavy (non-hydrogen) atoms. The van der Waals surface area contributed by atoms with Crippen LogP contribution in [0.3, 0.4) is 0 Å². The Balaban J connectivity index is 0.00000139. The lowest BCUT2D eigenvalue weighted by atomic mass is 10.0. The number of nitrogens with one attached hydrogen (secondary N) is 1. The van der Waals surface area contributed by atoms with Gasteiger partial charge in [-0.2, -0.15) is 9.59 Å². The molecule has 6 rings (SSSR count). The van der Waals surface area contributed by atoms with Crippen molar-refractivity contribution in [2.75, 3.05) is 6.54 Å². The van der Waals surface area contributed by atoms with Gasteiger partial charge < -0.3 is 19.5 Å². The Morgan fingerprint density at radius 1 is 0.872 bits per heavy atom. The molecule has 0 unspecified atom stereocenters. The van der Waals surface area contributed by atoms with Gasteiger partial charge in [-0.05, 0) is 79.6 Å². The molecule has 1 N–H and O–H groups in total.